The van der Waals surface area contributed by atoms with Crippen molar-refractivity contribution in [2.45, 2.75) is 20.3 Å². The molecular weight excluding hydrogens is 370 g/mol. The topological polar surface area (TPSA) is 117 Å². The van der Waals surface area contributed by atoms with Gasteiger partial charge in [0.25, 0.3) is 0 Å². The van der Waals surface area contributed by atoms with Gasteiger partial charge in [-0.15, -0.1) is 0 Å². The molecule has 0 aliphatic rings. The van der Waals surface area contributed by atoms with E-state index in [1.54, 1.807) is 19.1 Å². The summed E-state index contributed by atoms with van der Waals surface area (Å²) in [5, 5.41) is 20.6. The SMILES string of the molecule is Cc1c(-c2cc3cc(Cc4sc(=O)[nH]c4O)ccc3o2)oc(=O)c(C)c1O. The lowest BCUT2D eigenvalue weighted by atomic mass is 10.1. The number of rotatable bonds is 3. The quantitative estimate of drug-likeness (QED) is 0.497. The molecule has 4 aromatic rings. The number of aromatic nitrogens is 1. The van der Waals surface area contributed by atoms with Crippen LogP contribution >= 0.6 is 11.3 Å². The van der Waals surface area contributed by atoms with Gasteiger partial charge in [-0.25, -0.2) is 4.79 Å². The van der Waals surface area contributed by atoms with Crippen LogP contribution in [0.5, 0.6) is 11.6 Å². The summed E-state index contributed by atoms with van der Waals surface area (Å²) >= 11 is 0.961. The number of nitrogens with one attached hydrogen (secondary N) is 1. The van der Waals surface area contributed by atoms with Crippen LogP contribution in [-0.2, 0) is 6.42 Å². The minimum Gasteiger partial charge on any atom is -0.507 e. The van der Waals surface area contributed by atoms with E-state index < -0.39 is 5.63 Å². The molecular formula is C19H15NO6S. The third kappa shape index (κ3) is 2.93. The number of benzene rings is 1. The van der Waals surface area contributed by atoms with Gasteiger partial charge in [-0.05, 0) is 37.6 Å². The van der Waals surface area contributed by atoms with E-state index in [0.29, 0.717) is 28.2 Å². The zero-order valence-electron chi connectivity index (χ0n) is 14.5. The van der Waals surface area contributed by atoms with Gasteiger partial charge in [0.15, 0.2) is 11.5 Å². The Bertz CT molecular complexity index is 1290. The standard InChI is InChI=1S/C19H15NO6S/c1-8-15(21)9(2)18(23)26-16(8)13-7-11-5-10(3-4-12(11)25-13)6-14-17(22)20-19(24)27-14/h3-5,7,21-22H,6H2,1-2H3,(H,20,24). The second-order valence-corrected chi connectivity index (χ2v) is 7.33. The van der Waals surface area contributed by atoms with Gasteiger partial charge in [-0.1, -0.05) is 17.4 Å². The van der Waals surface area contributed by atoms with Crippen molar-refractivity contribution >= 4 is 22.3 Å². The molecule has 3 aromatic heterocycles. The van der Waals surface area contributed by atoms with Gasteiger partial charge in [0.1, 0.15) is 11.3 Å². The lowest BCUT2D eigenvalue weighted by Crippen LogP contribution is -2.05. The number of aromatic hydroxyl groups is 2. The summed E-state index contributed by atoms with van der Waals surface area (Å²) in [5.74, 6) is 0.286. The van der Waals surface area contributed by atoms with E-state index in [2.05, 4.69) is 4.98 Å². The number of thiazole rings is 1. The van der Waals surface area contributed by atoms with Crippen LogP contribution in [0.3, 0.4) is 0 Å². The average molecular weight is 385 g/mol. The molecule has 0 amide bonds. The molecule has 3 heterocycles. The van der Waals surface area contributed by atoms with Crippen LogP contribution in [0.15, 0.2) is 42.7 Å². The molecule has 0 fully saturated rings. The third-order valence-corrected chi connectivity index (χ3v) is 5.29. The van der Waals surface area contributed by atoms with E-state index in [4.69, 9.17) is 8.83 Å². The molecule has 4 rings (SSSR count). The summed E-state index contributed by atoms with van der Waals surface area (Å²) in [6.07, 6.45) is 0.394. The number of hydrogen-bond acceptors (Lipinski definition) is 7. The Hall–Kier alpha value is -3.26. The molecule has 27 heavy (non-hydrogen) atoms. The molecule has 0 spiro atoms. The minimum atomic E-state index is -0.618. The summed E-state index contributed by atoms with van der Waals surface area (Å²) in [6.45, 7) is 3.14. The number of H-pyrrole nitrogens is 1. The van der Waals surface area contributed by atoms with Gasteiger partial charge in [-0.3, -0.25) is 9.78 Å². The van der Waals surface area contributed by atoms with E-state index >= 15 is 0 Å². The first-order chi connectivity index (χ1) is 12.8. The van der Waals surface area contributed by atoms with E-state index in [1.165, 1.54) is 6.92 Å². The van der Waals surface area contributed by atoms with Crippen molar-refractivity contribution in [3.63, 3.8) is 0 Å². The van der Waals surface area contributed by atoms with E-state index in [1.807, 2.05) is 12.1 Å². The van der Waals surface area contributed by atoms with Crippen LogP contribution in [0.2, 0.25) is 0 Å². The molecule has 0 bridgehead atoms. The van der Waals surface area contributed by atoms with E-state index in [9.17, 15) is 19.8 Å². The van der Waals surface area contributed by atoms with Crippen molar-refractivity contribution < 1.29 is 19.0 Å². The summed E-state index contributed by atoms with van der Waals surface area (Å²) in [5.41, 5.74) is 1.42. The van der Waals surface area contributed by atoms with Crippen LogP contribution < -0.4 is 10.5 Å². The van der Waals surface area contributed by atoms with Crippen molar-refractivity contribution in [2.75, 3.05) is 0 Å². The predicted octanol–water partition coefficient (Wildman–Crippen LogP) is 3.42. The molecule has 0 unspecified atom stereocenters. The molecule has 7 nitrogen and oxygen atoms in total. The van der Waals surface area contributed by atoms with Crippen LogP contribution in [-0.4, -0.2) is 15.2 Å². The molecule has 0 atom stereocenters. The van der Waals surface area contributed by atoms with Gasteiger partial charge in [0.05, 0.1) is 10.4 Å². The monoisotopic (exact) mass is 385 g/mol. The fourth-order valence-electron chi connectivity index (χ4n) is 2.94. The Balaban J connectivity index is 1.77. The Labute approximate surface area is 156 Å². The maximum Gasteiger partial charge on any atom is 0.343 e. The summed E-state index contributed by atoms with van der Waals surface area (Å²) in [6, 6.07) is 7.18. The zero-order valence-corrected chi connectivity index (χ0v) is 15.3. The maximum atomic E-state index is 11.9. The van der Waals surface area contributed by atoms with Crippen LogP contribution in [0.1, 0.15) is 21.6 Å². The van der Waals surface area contributed by atoms with Gasteiger partial charge in [0.2, 0.25) is 5.88 Å². The average Bonchev–Trinajstić information content (AvgIpc) is 3.18. The lowest BCUT2D eigenvalue weighted by molar-refractivity contribution is 0.433. The second-order valence-electron chi connectivity index (χ2n) is 6.26. The van der Waals surface area contributed by atoms with Gasteiger partial charge in [-0.2, -0.15) is 0 Å². The molecule has 0 saturated carbocycles. The van der Waals surface area contributed by atoms with E-state index in [0.717, 1.165) is 22.3 Å². The number of hydrogen-bond donors (Lipinski definition) is 3. The lowest BCUT2D eigenvalue weighted by Gasteiger charge is -2.05. The smallest absolute Gasteiger partial charge is 0.343 e. The largest absolute Gasteiger partial charge is 0.507 e. The summed E-state index contributed by atoms with van der Waals surface area (Å²) in [4.78, 5) is 25.8. The summed E-state index contributed by atoms with van der Waals surface area (Å²) < 4.78 is 11.1. The highest BCUT2D eigenvalue weighted by Crippen LogP contribution is 2.34. The Morgan fingerprint density at radius 2 is 1.85 bits per heavy atom. The van der Waals surface area contributed by atoms with Crippen molar-refractivity contribution in [2.24, 2.45) is 0 Å². The van der Waals surface area contributed by atoms with Gasteiger partial charge in [0, 0.05) is 17.4 Å². The Morgan fingerprint density at radius 3 is 2.56 bits per heavy atom. The molecule has 3 N–H and O–H groups in total. The Kier molecular flexibility index (Phi) is 3.92. The van der Waals surface area contributed by atoms with E-state index in [-0.39, 0.29) is 27.8 Å². The molecule has 0 saturated heterocycles. The number of fused-ring (bicyclic) bond motifs is 1. The molecule has 0 radical (unpaired) electrons. The van der Waals surface area contributed by atoms with Crippen LogP contribution in [0.4, 0.5) is 0 Å². The molecule has 0 aliphatic heterocycles. The normalized spacial score (nSPS) is 11.3. The number of furan rings is 1. The van der Waals surface area contributed by atoms with Crippen molar-refractivity contribution in [1.82, 2.24) is 4.98 Å². The van der Waals surface area contributed by atoms with Crippen LogP contribution in [0, 0.1) is 13.8 Å². The van der Waals surface area contributed by atoms with Gasteiger partial charge >= 0.3 is 10.5 Å². The molecule has 0 aliphatic carbocycles. The Morgan fingerprint density at radius 1 is 1.07 bits per heavy atom. The first kappa shape index (κ1) is 17.2. The van der Waals surface area contributed by atoms with Gasteiger partial charge < -0.3 is 19.0 Å². The molecule has 1 aromatic carbocycles. The van der Waals surface area contributed by atoms with Crippen molar-refractivity contribution in [3.8, 4) is 23.1 Å². The molecule has 8 heteroatoms. The van der Waals surface area contributed by atoms with Crippen molar-refractivity contribution in [3.05, 3.63) is 65.9 Å². The maximum absolute atomic E-state index is 11.9. The first-order valence-electron chi connectivity index (χ1n) is 8.10. The number of aromatic amines is 1. The highest BCUT2D eigenvalue weighted by atomic mass is 32.1. The second kappa shape index (κ2) is 6.17. The van der Waals surface area contributed by atoms with Crippen molar-refractivity contribution in [1.29, 1.82) is 0 Å². The zero-order chi connectivity index (χ0) is 19.3. The van der Waals surface area contributed by atoms with Crippen LogP contribution in [0.25, 0.3) is 22.5 Å². The first-order valence-corrected chi connectivity index (χ1v) is 8.92. The highest BCUT2D eigenvalue weighted by molar-refractivity contribution is 7.09. The minimum absolute atomic E-state index is 0.111. The summed E-state index contributed by atoms with van der Waals surface area (Å²) in [7, 11) is 0. The predicted molar refractivity (Wildman–Crippen MR) is 101 cm³/mol. The highest BCUT2D eigenvalue weighted by Gasteiger charge is 2.18. The fraction of sp³-hybridized carbons (Fsp3) is 0.158. The molecule has 138 valence electrons. The third-order valence-electron chi connectivity index (χ3n) is 4.42. The fourth-order valence-corrected chi connectivity index (χ4v) is 3.70.